The number of H-pyrrole nitrogens is 1. The van der Waals surface area contributed by atoms with Gasteiger partial charge in [0.25, 0.3) is 0 Å². The summed E-state index contributed by atoms with van der Waals surface area (Å²) in [4.78, 5) is 24.0. The molecule has 16 heavy (non-hydrogen) atoms. The van der Waals surface area contributed by atoms with Crippen LogP contribution in [0.5, 0.6) is 0 Å². The fourth-order valence-corrected chi connectivity index (χ4v) is 2.14. The molecule has 6 nitrogen and oxygen atoms in total. The topological polar surface area (TPSA) is 88.0 Å². The Bertz CT molecular complexity index is 449. The molecule has 0 aromatic carbocycles. The molecule has 1 saturated heterocycles. The summed E-state index contributed by atoms with van der Waals surface area (Å²) < 4.78 is 0. The number of aromatic nitrogens is 1. The molecular weight excluding hydrogens is 210 g/mol. The zero-order valence-corrected chi connectivity index (χ0v) is 8.73. The second-order valence-corrected chi connectivity index (χ2v) is 3.89. The van der Waals surface area contributed by atoms with Gasteiger partial charge in [0.1, 0.15) is 0 Å². The van der Waals surface area contributed by atoms with Gasteiger partial charge in [0, 0.05) is 11.8 Å². The molecule has 1 fully saturated rings. The Hall–Kier alpha value is -1.69. The Balaban J connectivity index is 2.42. The van der Waals surface area contributed by atoms with Crippen LogP contribution in [0.25, 0.3) is 0 Å². The van der Waals surface area contributed by atoms with Crippen LogP contribution in [0.1, 0.15) is 24.3 Å². The highest BCUT2D eigenvalue weighted by Gasteiger charge is 2.26. The zero-order valence-electron chi connectivity index (χ0n) is 8.73. The van der Waals surface area contributed by atoms with E-state index in [0.717, 1.165) is 25.9 Å². The minimum Gasteiger partial charge on any atom is -0.323 e. The van der Waals surface area contributed by atoms with E-state index in [-0.39, 0.29) is 11.6 Å². The lowest BCUT2D eigenvalue weighted by molar-refractivity contribution is -0.387. The summed E-state index contributed by atoms with van der Waals surface area (Å²) in [5.41, 5.74) is -0.342. The van der Waals surface area contributed by atoms with E-state index >= 15 is 0 Å². The van der Waals surface area contributed by atoms with E-state index in [1.165, 1.54) is 6.20 Å². The minimum absolute atomic E-state index is 0.115. The molecule has 0 aliphatic carbocycles. The molecular formula is C10H13N3O3. The highest BCUT2D eigenvalue weighted by Crippen LogP contribution is 2.29. The zero-order chi connectivity index (χ0) is 11.5. The van der Waals surface area contributed by atoms with Gasteiger partial charge >= 0.3 is 11.2 Å². The molecule has 1 aliphatic rings. The van der Waals surface area contributed by atoms with Crippen LogP contribution in [0, 0.1) is 10.1 Å². The van der Waals surface area contributed by atoms with E-state index < -0.39 is 10.5 Å². The van der Waals surface area contributed by atoms with Gasteiger partial charge in [-0.3, -0.25) is 14.9 Å². The molecule has 2 N–H and O–H groups in total. The molecule has 6 heteroatoms. The van der Waals surface area contributed by atoms with E-state index in [1.807, 2.05) is 0 Å². The Morgan fingerprint density at radius 3 is 2.69 bits per heavy atom. The van der Waals surface area contributed by atoms with Crippen LogP contribution in [0.4, 0.5) is 5.69 Å². The fourth-order valence-electron chi connectivity index (χ4n) is 2.14. The molecule has 0 unspecified atom stereocenters. The van der Waals surface area contributed by atoms with Crippen LogP contribution in [0.2, 0.25) is 0 Å². The van der Waals surface area contributed by atoms with E-state index in [1.54, 1.807) is 6.07 Å². The first-order valence-electron chi connectivity index (χ1n) is 5.27. The molecule has 0 amide bonds. The summed E-state index contributed by atoms with van der Waals surface area (Å²) in [5.74, 6) is 0.115. The van der Waals surface area contributed by atoms with Gasteiger partial charge in [-0.1, -0.05) is 0 Å². The molecule has 0 atom stereocenters. The Kier molecular flexibility index (Phi) is 3.00. The first kappa shape index (κ1) is 10.8. The summed E-state index contributed by atoms with van der Waals surface area (Å²) >= 11 is 0. The number of nitro groups is 1. The predicted molar refractivity (Wildman–Crippen MR) is 58.6 cm³/mol. The van der Waals surface area contributed by atoms with E-state index in [4.69, 9.17) is 0 Å². The van der Waals surface area contributed by atoms with Gasteiger partial charge in [0.15, 0.2) is 0 Å². The first-order valence-corrected chi connectivity index (χ1v) is 5.27. The maximum Gasteiger partial charge on any atom is 0.337 e. The van der Waals surface area contributed by atoms with Crippen LogP contribution in [-0.4, -0.2) is 23.0 Å². The molecule has 2 rings (SSSR count). The third kappa shape index (κ3) is 1.96. The number of pyridine rings is 1. The first-order chi connectivity index (χ1) is 7.70. The van der Waals surface area contributed by atoms with Gasteiger partial charge in [-0.2, -0.15) is 0 Å². The molecule has 0 radical (unpaired) electrons. The van der Waals surface area contributed by atoms with E-state index in [0.29, 0.717) is 5.56 Å². The van der Waals surface area contributed by atoms with Crippen molar-refractivity contribution in [2.45, 2.75) is 18.8 Å². The smallest absolute Gasteiger partial charge is 0.323 e. The van der Waals surface area contributed by atoms with Gasteiger partial charge in [-0.05, 0) is 37.9 Å². The lowest BCUT2D eigenvalue weighted by Crippen LogP contribution is -2.28. The number of piperidine rings is 1. The minimum atomic E-state index is -0.610. The van der Waals surface area contributed by atoms with Crippen LogP contribution in [0.3, 0.4) is 0 Å². The third-order valence-corrected chi connectivity index (χ3v) is 2.93. The normalized spacial score (nSPS) is 17.2. The number of nitrogens with zero attached hydrogens (tertiary/aromatic N) is 1. The van der Waals surface area contributed by atoms with Crippen molar-refractivity contribution in [3.8, 4) is 0 Å². The van der Waals surface area contributed by atoms with E-state index in [2.05, 4.69) is 10.3 Å². The molecule has 0 spiro atoms. The van der Waals surface area contributed by atoms with Gasteiger partial charge in [0.05, 0.1) is 4.92 Å². The average Bonchev–Trinajstić information content (AvgIpc) is 2.29. The summed E-state index contributed by atoms with van der Waals surface area (Å²) in [6, 6.07) is 1.65. The molecule has 1 aromatic rings. The highest BCUT2D eigenvalue weighted by molar-refractivity contribution is 5.39. The molecule has 0 saturated carbocycles. The third-order valence-electron chi connectivity index (χ3n) is 2.93. The average molecular weight is 223 g/mol. The standard InChI is InChI=1S/C10H13N3O3/c14-10-9(13(15)16)8(3-6-12-10)7-1-4-11-5-2-7/h3,6-7,11H,1-2,4-5H2,(H,12,14). The predicted octanol–water partition coefficient (Wildman–Crippen LogP) is 0.750. The van der Waals surface area contributed by atoms with Crippen molar-refractivity contribution < 1.29 is 4.92 Å². The molecule has 0 bridgehead atoms. The van der Waals surface area contributed by atoms with Crippen LogP contribution < -0.4 is 10.9 Å². The van der Waals surface area contributed by atoms with E-state index in [9.17, 15) is 14.9 Å². The van der Waals surface area contributed by atoms with Crippen molar-refractivity contribution in [3.63, 3.8) is 0 Å². The highest BCUT2D eigenvalue weighted by atomic mass is 16.6. The monoisotopic (exact) mass is 223 g/mol. The SMILES string of the molecule is O=c1[nH]ccc(C2CCNCC2)c1[N+](=O)[O-]. The number of hydrogen-bond acceptors (Lipinski definition) is 4. The lowest BCUT2D eigenvalue weighted by atomic mass is 9.90. The summed E-state index contributed by atoms with van der Waals surface area (Å²) in [6.07, 6.45) is 3.15. The second-order valence-electron chi connectivity index (χ2n) is 3.89. The van der Waals surface area contributed by atoms with Crippen molar-refractivity contribution in [3.05, 3.63) is 38.3 Å². The van der Waals surface area contributed by atoms with Crippen LogP contribution >= 0.6 is 0 Å². The number of nitrogens with one attached hydrogen (secondary N) is 2. The van der Waals surface area contributed by atoms with Crippen molar-refractivity contribution in [1.82, 2.24) is 10.3 Å². The summed E-state index contributed by atoms with van der Waals surface area (Å²) in [7, 11) is 0. The number of aromatic amines is 1. The van der Waals surface area contributed by atoms with Gasteiger partial charge in [-0.25, -0.2) is 0 Å². The summed E-state index contributed by atoms with van der Waals surface area (Å²) in [6.45, 7) is 1.68. The lowest BCUT2D eigenvalue weighted by Gasteiger charge is -2.22. The maximum absolute atomic E-state index is 11.4. The van der Waals surface area contributed by atoms with Gasteiger partial charge in [-0.15, -0.1) is 0 Å². The molecule has 86 valence electrons. The van der Waals surface area contributed by atoms with Crippen molar-refractivity contribution in [2.24, 2.45) is 0 Å². The Labute approximate surface area is 91.8 Å². The van der Waals surface area contributed by atoms with Crippen molar-refractivity contribution in [2.75, 3.05) is 13.1 Å². The number of hydrogen-bond donors (Lipinski definition) is 2. The Morgan fingerprint density at radius 1 is 1.38 bits per heavy atom. The Morgan fingerprint density at radius 2 is 2.06 bits per heavy atom. The maximum atomic E-state index is 11.4. The van der Waals surface area contributed by atoms with Gasteiger partial charge in [0.2, 0.25) is 0 Å². The largest absolute Gasteiger partial charge is 0.337 e. The van der Waals surface area contributed by atoms with Crippen LogP contribution in [0.15, 0.2) is 17.1 Å². The second kappa shape index (κ2) is 4.44. The fraction of sp³-hybridized carbons (Fsp3) is 0.500. The number of rotatable bonds is 2. The van der Waals surface area contributed by atoms with Crippen molar-refractivity contribution >= 4 is 5.69 Å². The quantitative estimate of drug-likeness (QED) is 0.572. The molecule has 1 aliphatic heterocycles. The molecule has 2 heterocycles. The summed E-state index contributed by atoms with van der Waals surface area (Å²) in [5, 5.41) is 14.0. The molecule has 1 aromatic heterocycles. The van der Waals surface area contributed by atoms with Gasteiger partial charge < -0.3 is 10.3 Å². The van der Waals surface area contributed by atoms with Crippen molar-refractivity contribution in [1.29, 1.82) is 0 Å². The van der Waals surface area contributed by atoms with Crippen LogP contribution in [-0.2, 0) is 0 Å².